The second-order valence-corrected chi connectivity index (χ2v) is 5.48. The normalized spacial score (nSPS) is 16.6. The molecule has 1 aliphatic carbocycles. The summed E-state index contributed by atoms with van der Waals surface area (Å²) in [6.45, 7) is 3.97. The maximum Gasteiger partial charge on any atom is 0.220 e. The summed E-state index contributed by atoms with van der Waals surface area (Å²) in [6, 6.07) is 4.45. The highest BCUT2D eigenvalue weighted by Gasteiger charge is 2.39. The van der Waals surface area contributed by atoms with Crippen LogP contribution in [0.4, 0.5) is 4.39 Å². The van der Waals surface area contributed by atoms with Gasteiger partial charge in [-0.1, -0.05) is 13.0 Å². The van der Waals surface area contributed by atoms with Crippen molar-refractivity contribution in [2.45, 2.75) is 44.7 Å². The highest BCUT2D eigenvalue weighted by atomic mass is 35.5. The molecule has 21 heavy (non-hydrogen) atoms. The number of benzene rings is 1. The van der Waals surface area contributed by atoms with Crippen molar-refractivity contribution < 1.29 is 13.9 Å². The fourth-order valence-corrected chi connectivity index (χ4v) is 1.85. The van der Waals surface area contributed by atoms with Crippen LogP contribution in [0.1, 0.15) is 44.7 Å². The lowest BCUT2D eigenvalue weighted by Gasteiger charge is -2.17. The van der Waals surface area contributed by atoms with E-state index < -0.39 is 5.82 Å². The largest absolute Gasteiger partial charge is 0.489 e. The summed E-state index contributed by atoms with van der Waals surface area (Å²) in [5, 5.41) is 2.84. The summed E-state index contributed by atoms with van der Waals surface area (Å²) in [5.74, 6) is -0.257. The number of halogens is 2. The van der Waals surface area contributed by atoms with Gasteiger partial charge in [0.2, 0.25) is 5.91 Å². The van der Waals surface area contributed by atoms with Crippen LogP contribution in [-0.2, 0) is 4.79 Å². The molecule has 0 radical (unpaired) electrons. The Morgan fingerprint density at radius 3 is 2.76 bits per heavy atom. The van der Waals surface area contributed by atoms with E-state index in [1.54, 1.807) is 19.1 Å². The average molecular weight is 317 g/mol. The molecule has 0 bridgehead atoms. The van der Waals surface area contributed by atoms with Crippen molar-refractivity contribution >= 4 is 18.3 Å². The summed E-state index contributed by atoms with van der Waals surface area (Å²) in [4.78, 5) is 11.4. The molecule has 0 heterocycles. The van der Waals surface area contributed by atoms with Crippen LogP contribution in [-0.4, -0.2) is 18.1 Å². The first-order chi connectivity index (χ1) is 9.43. The molecular formula is C15H22ClFN2O2. The van der Waals surface area contributed by atoms with E-state index >= 15 is 0 Å². The molecule has 3 N–H and O–H groups in total. The molecule has 1 unspecified atom stereocenters. The molecule has 1 saturated carbocycles. The molecule has 1 aromatic rings. The first-order valence-electron chi connectivity index (χ1n) is 6.94. The molecule has 6 heteroatoms. The molecule has 1 amide bonds. The molecule has 1 atom stereocenters. The lowest BCUT2D eigenvalue weighted by molar-refractivity contribution is -0.121. The van der Waals surface area contributed by atoms with Crippen LogP contribution >= 0.6 is 12.4 Å². The second kappa shape index (κ2) is 7.09. The second-order valence-electron chi connectivity index (χ2n) is 5.48. The molecule has 1 aromatic carbocycles. The zero-order chi connectivity index (χ0) is 14.8. The van der Waals surface area contributed by atoms with E-state index in [0.717, 1.165) is 18.4 Å². The highest BCUT2D eigenvalue weighted by molar-refractivity contribution is 5.85. The quantitative estimate of drug-likeness (QED) is 0.848. The maximum absolute atomic E-state index is 13.7. The number of hydrogen-bond acceptors (Lipinski definition) is 3. The van der Waals surface area contributed by atoms with Gasteiger partial charge >= 0.3 is 0 Å². The number of nitrogens with two attached hydrogens (primary N) is 1. The van der Waals surface area contributed by atoms with Crippen molar-refractivity contribution in [1.82, 2.24) is 5.32 Å². The van der Waals surface area contributed by atoms with Crippen LogP contribution in [0.5, 0.6) is 5.75 Å². The van der Waals surface area contributed by atoms with Gasteiger partial charge in [-0.2, -0.15) is 0 Å². The molecule has 118 valence electrons. The predicted molar refractivity (Wildman–Crippen MR) is 82.1 cm³/mol. The Labute approximate surface area is 130 Å². The zero-order valence-electron chi connectivity index (χ0n) is 12.3. The minimum Gasteiger partial charge on any atom is -0.489 e. The topological polar surface area (TPSA) is 64.3 Å². The van der Waals surface area contributed by atoms with E-state index in [0.29, 0.717) is 13.0 Å². The number of hydrogen-bond donors (Lipinski definition) is 2. The Morgan fingerprint density at radius 1 is 1.52 bits per heavy atom. The summed E-state index contributed by atoms with van der Waals surface area (Å²) >= 11 is 0. The summed E-state index contributed by atoms with van der Waals surface area (Å²) < 4.78 is 19.2. The Hall–Kier alpha value is -1.33. The van der Waals surface area contributed by atoms with Gasteiger partial charge in [-0.05, 0) is 37.5 Å². The fraction of sp³-hybridized carbons (Fsp3) is 0.533. The number of nitrogens with one attached hydrogen (secondary N) is 1. The van der Waals surface area contributed by atoms with Gasteiger partial charge < -0.3 is 15.8 Å². The predicted octanol–water partition coefficient (Wildman–Crippen LogP) is 2.70. The zero-order valence-corrected chi connectivity index (χ0v) is 13.1. The van der Waals surface area contributed by atoms with Crippen LogP contribution < -0.4 is 15.8 Å². The van der Waals surface area contributed by atoms with Crippen LogP contribution in [0.3, 0.4) is 0 Å². The van der Waals surface area contributed by atoms with Crippen molar-refractivity contribution in [2.24, 2.45) is 5.73 Å². The number of ether oxygens (including phenoxy) is 1. The van der Waals surface area contributed by atoms with Crippen molar-refractivity contribution in [3.05, 3.63) is 29.6 Å². The lowest BCUT2D eigenvalue weighted by Crippen LogP contribution is -2.30. The van der Waals surface area contributed by atoms with Gasteiger partial charge in [0.1, 0.15) is 6.61 Å². The van der Waals surface area contributed by atoms with Crippen LogP contribution in [0.25, 0.3) is 0 Å². The molecular weight excluding hydrogens is 295 g/mol. The Balaban J connectivity index is 0.00000220. The number of carbonyl (C=O) groups excluding carboxylic acids is 1. The third kappa shape index (κ3) is 4.86. The maximum atomic E-state index is 13.7. The Morgan fingerprint density at radius 2 is 2.19 bits per heavy atom. The molecule has 1 fully saturated rings. The molecule has 0 aliphatic heterocycles. The summed E-state index contributed by atoms with van der Waals surface area (Å²) in [7, 11) is 0. The van der Waals surface area contributed by atoms with Gasteiger partial charge in [0.25, 0.3) is 0 Å². The van der Waals surface area contributed by atoms with Gasteiger partial charge in [0.05, 0.1) is 11.6 Å². The molecule has 0 saturated heterocycles. The van der Waals surface area contributed by atoms with Crippen molar-refractivity contribution in [3.8, 4) is 5.75 Å². The average Bonchev–Trinajstić information content (AvgIpc) is 3.16. The highest BCUT2D eigenvalue weighted by Crippen LogP contribution is 2.33. The number of amides is 1. The molecule has 4 nitrogen and oxygen atoms in total. The smallest absolute Gasteiger partial charge is 0.220 e. The van der Waals surface area contributed by atoms with Crippen molar-refractivity contribution in [1.29, 1.82) is 0 Å². The van der Waals surface area contributed by atoms with Gasteiger partial charge in [0, 0.05) is 6.42 Å². The standard InChI is InChI=1S/C15H21FN2O2.ClH/c1-3-14(19)18-10(2)11-4-5-12(16)13(8-11)20-9-15(17)6-7-15;/h4-5,8,10H,3,6-7,9,17H2,1-2H3,(H,18,19);1H. The van der Waals surface area contributed by atoms with Gasteiger partial charge in [-0.15, -0.1) is 12.4 Å². The SMILES string of the molecule is CCC(=O)NC(C)c1ccc(F)c(OCC2(N)CC2)c1.Cl. The van der Waals surface area contributed by atoms with E-state index in [-0.39, 0.29) is 35.6 Å². The number of carbonyl (C=O) groups is 1. The van der Waals surface area contributed by atoms with E-state index in [1.165, 1.54) is 6.07 Å². The Kier molecular flexibility index (Phi) is 5.98. The molecule has 0 spiro atoms. The Bertz CT molecular complexity index is 506. The molecule has 0 aromatic heterocycles. The minimum atomic E-state index is -0.410. The monoisotopic (exact) mass is 316 g/mol. The van der Waals surface area contributed by atoms with Gasteiger partial charge in [-0.3, -0.25) is 4.79 Å². The van der Waals surface area contributed by atoms with Crippen LogP contribution in [0, 0.1) is 5.82 Å². The van der Waals surface area contributed by atoms with E-state index in [9.17, 15) is 9.18 Å². The van der Waals surface area contributed by atoms with E-state index in [1.807, 2.05) is 6.92 Å². The first-order valence-corrected chi connectivity index (χ1v) is 6.94. The third-order valence-electron chi connectivity index (χ3n) is 3.56. The van der Waals surface area contributed by atoms with Crippen molar-refractivity contribution in [2.75, 3.05) is 6.61 Å². The third-order valence-corrected chi connectivity index (χ3v) is 3.56. The van der Waals surface area contributed by atoms with E-state index in [4.69, 9.17) is 10.5 Å². The molecule has 1 aliphatic rings. The minimum absolute atomic E-state index is 0. The van der Waals surface area contributed by atoms with Gasteiger partial charge in [0.15, 0.2) is 11.6 Å². The summed E-state index contributed by atoms with van der Waals surface area (Å²) in [6.07, 6.45) is 2.25. The van der Waals surface area contributed by atoms with Gasteiger partial charge in [-0.25, -0.2) is 4.39 Å². The number of rotatable bonds is 6. The van der Waals surface area contributed by atoms with Crippen LogP contribution in [0.2, 0.25) is 0 Å². The van der Waals surface area contributed by atoms with E-state index in [2.05, 4.69) is 5.32 Å². The first kappa shape index (κ1) is 17.7. The van der Waals surface area contributed by atoms with Crippen LogP contribution in [0.15, 0.2) is 18.2 Å². The van der Waals surface area contributed by atoms with Crippen molar-refractivity contribution in [3.63, 3.8) is 0 Å². The summed E-state index contributed by atoms with van der Waals surface area (Å²) in [5.41, 5.74) is 6.44. The molecule has 2 rings (SSSR count). The fourth-order valence-electron chi connectivity index (χ4n) is 1.85. The lowest BCUT2D eigenvalue weighted by atomic mass is 10.1.